The van der Waals surface area contributed by atoms with Gasteiger partial charge < -0.3 is 9.72 Å². The van der Waals surface area contributed by atoms with Gasteiger partial charge in [-0.05, 0) is 12.5 Å². The number of hydrogen-bond acceptors (Lipinski definition) is 2. The zero-order valence-electron chi connectivity index (χ0n) is 9.28. The lowest BCUT2D eigenvalue weighted by molar-refractivity contribution is 0.0602. The van der Waals surface area contributed by atoms with E-state index < -0.39 is 0 Å². The van der Waals surface area contributed by atoms with Gasteiger partial charge in [-0.2, -0.15) is 0 Å². The fraction of sp³-hybridized carbons (Fsp3) is 0.154. The van der Waals surface area contributed by atoms with E-state index in [0.717, 1.165) is 11.1 Å². The first-order valence-corrected chi connectivity index (χ1v) is 5.04. The van der Waals surface area contributed by atoms with Gasteiger partial charge in [0.15, 0.2) is 0 Å². The lowest BCUT2D eigenvalue weighted by Gasteiger charge is -2.02. The molecule has 16 heavy (non-hydrogen) atoms. The molecule has 0 aliphatic rings. The molecule has 0 bridgehead atoms. The third-order valence-electron chi connectivity index (χ3n) is 2.51. The van der Waals surface area contributed by atoms with Crippen molar-refractivity contribution in [3.8, 4) is 11.1 Å². The number of benzene rings is 1. The van der Waals surface area contributed by atoms with Crippen LogP contribution in [-0.4, -0.2) is 18.1 Å². The zero-order chi connectivity index (χ0) is 11.5. The van der Waals surface area contributed by atoms with Crippen LogP contribution in [0.2, 0.25) is 0 Å². The predicted molar refractivity (Wildman–Crippen MR) is 62.3 cm³/mol. The number of H-pyrrole nitrogens is 1. The Bertz CT molecular complexity index is 497. The van der Waals surface area contributed by atoms with Crippen molar-refractivity contribution in [1.82, 2.24) is 4.98 Å². The van der Waals surface area contributed by atoms with Gasteiger partial charge in [0.1, 0.15) is 0 Å². The fourth-order valence-corrected chi connectivity index (χ4v) is 1.61. The van der Waals surface area contributed by atoms with Gasteiger partial charge in [0, 0.05) is 18.0 Å². The SMILES string of the molecule is COC(=O)c1c[nH]cc1-c1ccc(C)cc1. The molecule has 1 N–H and O–H groups in total. The third-order valence-corrected chi connectivity index (χ3v) is 2.51. The van der Waals surface area contributed by atoms with Crippen LogP contribution in [0.1, 0.15) is 15.9 Å². The number of rotatable bonds is 2. The highest BCUT2D eigenvalue weighted by Gasteiger charge is 2.13. The topological polar surface area (TPSA) is 42.1 Å². The van der Waals surface area contributed by atoms with Gasteiger partial charge in [0.25, 0.3) is 0 Å². The molecule has 0 spiro atoms. The summed E-state index contributed by atoms with van der Waals surface area (Å²) in [5.41, 5.74) is 3.63. The molecular formula is C13H13NO2. The van der Waals surface area contributed by atoms with Gasteiger partial charge in [0.2, 0.25) is 0 Å². The molecule has 0 aliphatic carbocycles. The predicted octanol–water partition coefficient (Wildman–Crippen LogP) is 2.78. The molecule has 1 aromatic heterocycles. The standard InChI is InChI=1S/C13H13NO2/c1-9-3-5-10(6-4-9)11-7-14-8-12(11)13(15)16-2/h3-8,14H,1-2H3. The number of carbonyl (C=O) groups is 1. The van der Waals surface area contributed by atoms with Crippen LogP contribution >= 0.6 is 0 Å². The van der Waals surface area contributed by atoms with Crippen molar-refractivity contribution in [2.24, 2.45) is 0 Å². The third kappa shape index (κ3) is 1.84. The summed E-state index contributed by atoms with van der Waals surface area (Å²) in [7, 11) is 1.38. The van der Waals surface area contributed by atoms with E-state index in [1.54, 1.807) is 12.4 Å². The number of ether oxygens (including phenoxy) is 1. The minimum Gasteiger partial charge on any atom is -0.465 e. The Morgan fingerprint density at radius 3 is 2.50 bits per heavy atom. The Morgan fingerprint density at radius 2 is 1.88 bits per heavy atom. The maximum Gasteiger partial charge on any atom is 0.340 e. The number of aromatic amines is 1. The number of hydrogen-bond donors (Lipinski definition) is 1. The smallest absolute Gasteiger partial charge is 0.340 e. The Morgan fingerprint density at radius 1 is 1.19 bits per heavy atom. The van der Waals surface area contributed by atoms with E-state index in [1.807, 2.05) is 31.2 Å². The normalized spacial score (nSPS) is 10.1. The first kappa shape index (κ1) is 10.5. The van der Waals surface area contributed by atoms with Gasteiger partial charge >= 0.3 is 5.97 Å². The van der Waals surface area contributed by atoms with Crippen LogP contribution in [0, 0.1) is 6.92 Å². The minimum absolute atomic E-state index is 0.322. The molecule has 0 atom stereocenters. The van der Waals surface area contributed by atoms with Gasteiger partial charge in [-0.25, -0.2) is 4.79 Å². The monoisotopic (exact) mass is 215 g/mol. The number of esters is 1. The summed E-state index contributed by atoms with van der Waals surface area (Å²) in [6.07, 6.45) is 3.46. The van der Waals surface area contributed by atoms with Crippen LogP contribution in [0.15, 0.2) is 36.7 Å². The molecule has 0 saturated carbocycles. The molecule has 2 rings (SSSR count). The summed E-state index contributed by atoms with van der Waals surface area (Å²) in [4.78, 5) is 14.4. The number of nitrogens with one attached hydrogen (secondary N) is 1. The second-order valence-corrected chi connectivity index (χ2v) is 3.64. The number of carbonyl (C=O) groups excluding carboxylic acids is 1. The van der Waals surface area contributed by atoms with Crippen LogP contribution in [0.3, 0.4) is 0 Å². The highest BCUT2D eigenvalue weighted by Crippen LogP contribution is 2.24. The van der Waals surface area contributed by atoms with Crippen molar-refractivity contribution in [2.75, 3.05) is 7.11 Å². The highest BCUT2D eigenvalue weighted by atomic mass is 16.5. The maximum absolute atomic E-state index is 11.5. The van der Waals surface area contributed by atoms with Crippen LogP contribution < -0.4 is 0 Å². The second kappa shape index (κ2) is 4.23. The molecule has 1 aromatic carbocycles. The van der Waals surface area contributed by atoms with Crippen LogP contribution in [0.4, 0.5) is 0 Å². The van der Waals surface area contributed by atoms with Crippen LogP contribution in [-0.2, 0) is 4.74 Å². The molecule has 0 radical (unpaired) electrons. The molecular weight excluding hydrogens is 202 g/mol. The van der Waals surface area contributed by atoms with Crippen LogP contribution in [0.5, 0.6) is 0 Å². The summed E-state index contributed by atoms with van der Waals surface area (Å²) in [5, 5.41) is 0. The first-order valence-electron chi connectivity index (χ1n) is 5.04. The van der Waals surface area contributed by atoms with E-state index in [9.17, 15) is 4.79 Å². The van der Waals surface area contributed by atoms with E-state index in [4.69, 9.17) is 4.74 Å². The summed E-state index contributed by atoms with van der Waals surface area (Å²) < 4.78 is 4.72. The Kier molecular flexibility index (Phi) is 2.77. The van der Waals surface area contributed by atoms with E-state index in [0.29, 0.717) is 5.56 Å². The van der Waals surface area contributed by atoms with Crippen molar-refractivity contribution < 1.29 is 9.53 Å². The van der Waals surface area contributed by atoms with E-state index in [-0.39, 0.29) is 5.97 Å². The molecule has 82 valence electrons. The van der Waals surface area contributed by atoms with E-state index >= 15 is 0 Å². The van der Waals surface area contributed by atoms with Gasteiger partial charge in [0.05, 0.1) is 12.7 Å². The van der Waals surface area contributed by atoms with Crippen molar-refractivity contribution in [3.05, 3.63) is 47.8 Å². The number of aromatic nitrogens is 1. The number of aryl methyl sites for hydroxylation is 1. The molecule has 3 heteroatoms. The van der Waals surface area contributed by atoms with E-state index in [2.05, 4.69) is 4.98 Å². The largest absolute Gasteiger partial charge is 0.465 e. The minimum atomic E-state index is -0.322. The molecule has 0 aliphatic heterocycles. The van der Waals surface area contributed by atoms with E-state index in [1.165, 1.54) is 12.7 Å². The van der Waals surface area contributed by atoms with Crippen molar-refractivity contribution in [1.29, 1.82) is 0 Å². The number of methoxy groups -OCH3 is 1. The van der Waals surface area contributed by atoms with Gasteiger partial charge in [-0.15, -0.1) is 0 Å². The summed E-state index contributed by atoms with van der Waals surface area (Å²) in [6.45, 7) is 2.03. The molecule has 3 nitrogen and oxygen atoms in total. The van der Waals surface area contributed by atoms with Crippen molar-refractivity contribution >= 4 is 5.97 Å². The van der Waals surface area contributed by atoms with Gasteiger partial charge in [-0.3, -0.25) is 0 Å². The zero-order valence-corrected chi connectivity index (χ0v) is 9.28. The summed E-state index contributed by atoms with van der Waals surface area (Å²) in [6, 6.07) is 8.02. The van der Waals surface area contributed by atoms with Gasteiger partial charge in [-0.1, -0.05) is 29.8 Å². The van der Waals surface area contributed by atoms with Crippen LogP contribution in [0.25, 0.3) is 11.1 Å². The fourth-order valence-electron chi connectivity index (χ4n) is 1.61. The average Bonchev–Trinajstić information content (AvgIpc) is 2.78. The molecule has 2 aromatic rings. The molecule has 0 fully saturated rings. The molecule has 0 amide bonds. The highest BCUT2D eigenvalue weighted by molar-refractivity contribution is 5.97. The van der Waals surface area contributed by atoms with Crippen molar-refractivity contribution in [3.63, 3.8) is 0 Å². The summed E-state index contributed by atoms with van der Waals surface area (Å²) in [5.74, 6) is -0.322. The Hall–Kier alpha value is -2.03. The Balaban J connectivity index is 2.44. The lowest BCUT2D eigenvalue weighted by Crippen LogP contribution is -2.00. The Labute approximate surface area is 94.1 Å². The molecule has 0 saturated heterocycles. The average molecular weight is 215 g/mol. The first-order chi connectivity index (χ1) is 7.72. The van der Waals surface area contributed by atoms with Crippen molar-refractivity contribution in [2.45, 2.75) is 6.92 Å². The quantitative estimate of drug-likeness (QED) is 0.783. The lowest BCUT2D eigenvalue weighted by atomic mass is 10.0. The maximum atomic E-state index is 11.5. The molecule has 0 unspecified atom stereocenters. The molecule has 1 heterocycles. The summed E-state index contributed by atoms with van der Waals surface area (Å²) >= 11 is 0. The second-order valence-electron chi connectivity index (χ2n) is 3.64.